The van der Waals surface area contributed by atoms with Crippen LogP contribution >= 0.6 is 0 Å². The van der Waals surface area contributed by atoms with Gasteiger partial charge in [0.25, 0.3) is 0 Å². The summed E-state index contributed by atoms with van der Waals surface area (Å²) in [6.45, 7) is 6.54. The Bertz CT molecular complexity index is 1330. The first-order valence-corrected chi connectivity index (χ1v) is 29.1. The molecule has 0 aromatic heterocycles. The molecule has 0 aromatic rings. The van der Waals surface area contributed by atoms with E-state index in [-0.39, 0.29) is 37.5 Å². The molecule has 0 fully saturated rings. The fraction of sp³-hybridized carbons (Fsp3) is 0.730. The molecule has 1 atom stereocenters. The highest BCUT2D eigenvalue weighted by atomic mass is 16.6. The molecule has 0 heterocycles. The zero-order valence-corrected chi connectivity index (χ0v) is 45.3. The van der Waals surface area contributed by atoms with Crippen LogP contribution in [0.2, 0.25) is 0 Å². The molecule has 0 rings (SSSR count). The molecule has 0 bridgehead atoms. The molecule has 0 aliphatic rings. The number of carbonyl (C=O) groups is 3. The van der Waals surface area contributed by atoms with Crippen molar-refractivity contribution >= 4 is 17.9 Å². The van der Waals surface area contributed by atoms with Gasteiger partial charge in [-0.1, -0.05) is 228 Å². The van der Waals surface area contributed by atoms with E-state index in [9.17, 15) is 14.4 Å². The van der Waals surface area contributed by atoms with Gasteiger partial charge in [0.2, 0.25) is 0 Å². The molecule has 0 N–H and O–H groups in total. The van der Waals surface area contributed by atoms with Crippen LogP contribution in [0.5, 0.6) is 0 Å². The maximum atomic E-state index is 12.8. The van der Waals surface area contributed by atoms with E-state index in [1.165, 1.54) is 154 Å². The second-order valence-corrected chi connectivity index (χ2v) is 19.2. The Labute approximate surface area is 426 Å². The van der Waals surface area contributed by atoms with Crippen molar-refractivity contribution < 1.29 is 28.6 Å². The van der Waals surface area contributed by atoms with Gasteiger partial charge in [-0.2, -0.15) is 0 Å². The van der Waals surface area contributed by atoms with E-state index in [2.05, 4.69) is 106 Å². The van der Waals surface area contributed by atoms with Gasteiger partial charge in [-0.25, -0.2) is 0 Å². The molecule has 6 heteroatoms. The zero-order chi connectivity index (χ0) is 50.0. The lowest BCUT2D eigenvalue weighted by Crippen LogP contribution is -2.30. The van der Waals surface area contributed by atoms with Crippen LogP contribution in [-0.4, -0.2) is 37.2 Å². The average molecular weight is 962 g/mol. The molecule has 0 aliphatic heterocycles. The van der Waals surface area contributed by atoms with Gasteiger partial charge in [0.05, 0.1) is 0 Å². The van der Waals surface area contributed by atoms with Gasteiger partial charge in [-0.15, -0.1) is 0 Å². The lowest BCUT2D eigenvalue weighted by molar-refractivity contribution is -0.167. The number of esters is 3. The number of hydrogen-bond donors (Lipinski definition) is 0. The third kappa shape index (κ3) is 55.4. The van der Waals surface area contributed by atoms with Gasteiger partial charge >= 0.3 is 17.9 Å². The summed E-state index contributed by atoms with van der Waals surface area (Å²) in [5, 5.41) is 0. The van der Waals surface area contributed by atoms with Crippen LogP contribution in [0.3, 0.4) is 0 Å². The topological polar surface area (TPSA) is 78.9 Å². The van der Waals surface area contributed by atoms with Crippen LogP contribution in [-0.2, 0) is 28.6 Å². The third-order valence-electron chi connectivity index (χ3n) is 12.3. The molecule has 396 valence electrons. The van der Waals surface area contributed by atoms with E-state index in [1.807, 2.05) is 0 Å². The van der Waals surface area contributed by atoms with Crippen LogP contribution < -0.4 is 0 Å². The summed E-state index contributed by atoms with van der Waals surface area (Å²) < 4.78 is 16.8. The first-order valence-electron chi connectivity index (χ1n) is 29.1. The number of carbonyl (C=O) groups excluding carboxylic acids is 3. The SMILES string of the molecule is CCCCC/C=C\C/C=C\C/C=C\C/C=C\CCCC(=O)O[C@H](COC(=O)CCCCCCCCC/C=C\C/C=C\CCCCC)COC(=O)CCCCCCCCC/C=C\CCCCCCCC. The molecule has 0 spiro atoms. The van der Waals surface area contributed by atoms with Crippen molar-refractivity contribution in [3.63, 3.8) is 0 Å². The minimum absolute atomic E-state index is 0.103. The van der Waals surface area contributed by atoms with Crippen molar-refractivity contribution in [1.82, 2.24) is 0 Å². The zero-order valence-electron chi connectivity index (χ0n) is 45.3. The highest BCUT2D eigenvalue weighted by Crippen LogP contribution is 2.14. The summed E-state index contributed by atoms with van der Waals surface area (Å²) >= 11 is 0. The van der Waals surface area contributed by atoms with E-state index >= 15 is 0 Å². The van der Waals surface area contributed by atoms with E-state index in [0.717, 1.165) is 77.0 Å². The minimum atomic E-state index is -0.811. The van der Waals surface area contributed by atoms with Crippen molar-refractivity contribution in [3.05, 3.63) is 85.1 Å². The summed E-state index contributed by atoms with van der Waals surface area (Å²) in [6.07, 6.45) is 74.3. The molecule has 0 saturated carbocycles. The fourth-order valence-electron chi connectivity index (χ4n) is 7.93. The minimum Gasteiger partial charge on any atom is -0.462 e. The number of rotatable bonds is 52. The van der Waals surface area contributed by atoms with Gasteiger partial charge in [0, 0.05) is 19.3 Å². The summed E-state index contributed by atoms with van der Waals surface area (Å²) in [7, 11) is 0. The Kier molecular flexibility index (Phi) is 54.3. The molecular weight excluding hydrogens is 853 g/mol. The summed E-state index contributed by atoms with van der Waals surface area (Å²) in [6, 6.07) is 0. The standard InChI is InChI=1S/C63H108O6/c1-4-7-10-13-16-19-22-25-28-31-34-37-40-43-46-49-52-55-61(64)67-58-60(69-63(66)57-54-51-48-45-42-39-36-33-30-27-24-21-18-15-12-9-6-3)59-68-62(65)56-53-50-47-44-41-38-35-32-29-26-23-20-17-14-11-8-5-2/h16,18-19,21,25-30,36,39,45,48,60H,4-15,17,20,22-24,31-35,37-38,40-44,46-47,49-59H2,1-3H3/b19-16-,21-18-,28-25-,29-26-,30-27-,39-36-,48-45-/t60-/m1/s1. The smallest absolute Gasteiger partial charge is 0.306 e. The fourth-order valence-corrected chi connectivity index (χ4v) is 7.93. The molecule has 0 unspecified atom stereocenters. The van der Waals surface area contributed by atoms with Gasteiger partial charge in [0.1, 0.15) is 13.2 Å². The average Bonchev–Trinajstić information content (AvgIpc) is 3.35. The quantitative estimate of drug-likeness (QED) is 0.0262. The normalized spacial score (nSPS) is 12.7. The Balaban J connectivity index is 4.48. The van der Waals surface area contributed by atoms with Crippen molar-refractivity contribution in [1.29, 1.82) is 0 Å². The number of allylic oxidation sites excluding steroid dienone is 14. The lowest BCUT2D eigenvalue weighted by atomic mass is 10.1. The van der Waals surface area contributed by atoms with Crippen LogP contribution in [0.4, 0.5) is 0 Å². The second kappa shape index (κ2) is 57.2. The number of hydrogen-bond acceptors (Lipinski definition) is 6. The van der Waals surface area contributed by atoms with Crippen molar-refractivity contribution in [2.24, 2.45) is 0 Å². The largest absolute Gasteiger partial charge is 0.462 e. The molecule has 0 amide bonds. The summed E-state index contributed by atoms with van der Waals surface area (Å²) in [5.74, 6) is -0.966. The monoisotopic (exact) mass is 961 g/mol. The predicted molar refractivity (Wildman–Crippen MR) is 297 cm³/mol. The summed E-state index contributed by atoms with van der Waals surface area (Å²) in [5.41, 5.74) is 0. The van der Waals surface area contributed by atoms with Crippen molar-refractivity contribution in [2.45, 2.75) is 284 Å². The first-order chi connectivity index (χ1) is 34.0. The first kappa shape index (κ1) is 65.6. The Morgan fingerprint density at radius 2 is 0.536 bits per heavy atom. The molecule has 0 aliphatic carbocycles. The van der Waals surface area contributed by atoms with Crippen molar-refractivity contribution in [2.75, 3.05) is 13.2 Å². The number of unbranched alkanes of at least 4 members (excludes halogenated alkanes) is 27. The van der Waals surface area contributed by atoms with Crippen LogP contribution in [0, 0.1) is 0 Å². The van der Waals surface area contributed by atoms with Gasteiger partial charge in [-0.05, 0) is 116 Å². The maximum Gasteiger partial charge on any atom is 0.306 e. The molecule has 0 saturated heterocycles. The molecule has 0 radical (unpaired) electrons. The second-order valence-electron chi connectivity index (χ2n) is 19.2. The highest BCUT2D eigenvalue weighted by molar-refractivity contribution is 5.71. The lowest BCUT2D eigenvalue weighted by Gasteiger charge is -2.18. The van der Waals surface area contributed by atoms with E-state index in [4.69, 9.17) is 14.2 Å². The molecular formula is C63H108O6. The molecule has 6 nitrogen and oxygen atoms in total. The Morgan fingerprint density at radius 1 is 0.290 bits per heavy atom. The van der Waals surface area contributed by atoms with Gasteiger partial charge < -0.3 is 14.2 Å². The van der Waals surface area contributed by atoms with Crippen molar-refractivity contribution in [3.8, 4) is 0 Å². The summed E-state index contributed by atoms with van der Waals surface area (Å²) in [4.78, 5) is 38.2. The Hall–Kier alpha value is -3.41. The van der Waals surface area contributed by atoms with E-state index in [0.29, 0.717) is 19.3 Å². The van der Waals surface area contributed by atoms with E-state index < -0.39 is 6.10 Å². The number of ether oxygens (including phenoxy) is 3. The maximum absolute atomic E-state index is 12.8. The van der Waals surface area contributed by atoms with Gasteiger partial charge in [-0.3, -0.25) is 14.4 Å². The van der Waals surface area contributed by atoms with Crippen LogP contribution in [0.15, 0.2) is 85.1 Å². The molecule has 69 heavy (non-hydrogen) atoms. The highest BCUT2D eigenvalue weighted by Gasteiger charge is 2.19. The van der Waals surface area contributed by atoms with Gasteiger partial charge in [0.15, 0.2) is 6.10 Å². The third-order valence-corrected chi connectivity index (χ3v) is 12.3. The predicted octanol–water partition coefficient (Wildman–Crippen LogP) is 19.5. The Morgan fingerprint density at radius 3 is 0.899 bits per heavy atom. The van der Waals surface area contributed by atoms with Crippen LogP contribution in [0.1, 0.15) is 278 Å². The molecule has 0 aromatic carbocycles. The van der Waals surface area contributed by atoms with E-state index in [1.54, 1.807) is 0 Å². The van der Waals surface area contributed by atoms with Crippen LogP contribution in [0.25, 0.3) is 0 Å².